The maximum absolute atomic E-state index is 13.4. The molecule has 0 radical (unpaired) electrons. The minimum atomic E-state index is -1.99. The topological polar surface area (TPSA) is 307 Å². The predicted octanol–water partition coefficient (Wildman–Crippen LogP) is 9.49. The Morgan fingerprint density at radius 3 is 1.23 bits per heavy atom. The van der Waals surface area contributed by atoms with E-state index in [9.17, 15) is 61.0 Å². The van der Waals surface area contributed by atoms with Crippen molar-refractivity contribution in [2.75, 3.05) is 26.4 Å². The molecule has 17 unspecified atom stereocenters. The summed E-state index contributed by atoms with van der Waals surface area (Å²) in [5, 5.41) is 121. The summed E-state index contributed by atoms with van der Waals surface area (Å²) < 4.78 is 34.3. The molecule has 3 aliphatic rings. The number of amides is 1. The van der Waals surface area contributed by atoms with Gasteiger partial charge in [0.05, 0.1) is 38.6 Å². The Hall–Kier alpha value is -3.03. The minimum absolute atomic E-state index is 0.209. The third-order valence-corrected chi connectivity index (χ3v) is 17.2. The molecular weight excluding hydrogens is 1170 g/mol. The number of nitrogens with one attached hydrogen (secondary N) is 1. The molecule has 0 aromatic heterocycles. The molecule has 91 heavy (non-hydrogen) atoms. The van der Waals surface area contributed by atoms with Crippen LogP contribution in [0.4, 0.5) is 0 Å². The van der Waals surface area contributed by atoms with Crippen molar-refractivity contribution in [3.63, 3.8) is 0 Å². The maximum atomic E-state index is 13.4. The van der Waals surface area contributed by atoms with E-state index >= 15 is 0 Å². The summed E-state index contributed by atoms with van der Waals surface area (Å²) in [5.41, 5.74) is 0. The number of ether oxygens (including phenoxy) is 6. The van der Waals surface area contributed by atoms with E-state index in [0.29, 0.717) is 12.8 Å². The van der Waals surface area contributed by atoms with Crippen molar-refractivity contribution in [1.82, 2.24) is 5.32 Å². The lowest BCUT2D eigenvalue weighted by atomic mass is 9.96. The highest BCUT2D eigenvalue weighted by Crippen LogP contribution is 2.33. The van der Waals surface area contributed by atoms with E-state index in [4.69, 9.17) is 28.4 Å². The van der Waals surface area contributed by atoms with E-state index in [1.165, 1.54) is 116 Å². The largest absolute Gasteiger partial charge is 0.394 e. The van der Waals surface area contributed by atoms with Crippen molar-refractivity contribution in [2.24, 2.45) is 0 Å². The van der Waals surface area contributed by atoms with Crippen LogP contribution in [0, 0.1) is 0 Å². The van der Waals surface area contributed by atoms with Crippen molar-refractivity contribution >= 4 is 5.91 Å². The first-order valence-electron chi connectivity index (χ1n) is 35.3. The van der Waals surface area contributed by atoms with Gasteiger partial charge in [0, 0.05) is 6.42 Å². The van der Waals surface area contributed by atoms with Crippen LogP contribution < -0.4 is 5.32 Å². The Balaban J connectivity index is 1.46. The Morgan fingerprint density at radius 1 is 0.407 bits per heavy atom. The Labute approximate surface area is 546 Å². The Morgan fingerprint density at radius 2 is 0.769 bits per heavy atom. The number of unbranched alkanes of at least 4 members (excludes halogenated alkanes) is 25. The zero-order valence-electron chi connectivity index (χ0n) is 55.5. The molecule has 526 valence electrons. The van der Waals surface area contributed by atoms with Crippen LogP contribution >= 0.6 is 0 Å². The van der Waals surface area contributed by atoms with E-state index in [-0.39, 0.29) is 18.9 Å². The van der Waals surface area contributed by atoms with Crippen molar-refractivity contribution in [2.45, 2.75) is 336 Å². The highest BCUT2D eigenvalue weighted by atomic mass is 16.8. The van der Waals surface area contributed by atoms with Gasteiger partial charge < -0.3 is 89.9 Å². The molecule has 19 heteroatoms. The molecule has 0 bridgehead atoms. The number of rotatable bonds is 53. The van der Waals surface area contributed by atoms with Crippen LogP contribution in [0.1, 0.15) is 232 Å². The van der Waals surface area contributed by atoms with Crippen molar-refractivity contribution in [3.05, 3.63) is 85.1 Å². The van der Waals surface area contributed by atoms with Gasteiger partial charge in [-0.25, -0.2) is 0 Å². The van der Waals surface area contributed by atoms with Crippen LogP contribution in [0.25, 0.3) is 0 Å². The average molecular weight is 1290 g/mol. The Bertz CT molecular complexity index is 1980. The van der Waals surface area contributed by atoms with Crippen molar-refractivity contribution in [3.8, 4) is 0 Å². The van der Waals surface area contributed by atoms with Gasteiger partial charge in [0.15, 0.2) is 18.9 Å². The molecule has 12 N–H and O–H groups in total. The first-order chi connectivity index (χ1) is 44.3. The average Bonchev–Trinajstić information content (AvgIpc) is 0.883. The molecule has 0 spiro atoms. The first-order valence-corrected chi connectivity index (χ1v) is 35.3. The molecule has 3 saturated heterocycles. The third-order valence-electron chi connectivity index (χ3n) is 17.2. The van der Waals surface area contributed by atoms with Gasteiger partial charge in [-0.05, 0) is 77.0 Å². The predicted molar refractivity (Wildman–Crippen MR) is 355 cm³/mol. The molecule has 3 rings (SSSR count). The molecule has 0 aliphatic carbocycles. The summed E-state index contributed by atoms with van der Waals surface area (Å²) in [4.78, 5) is 13.4. The SMILES string of the molecule is CC/C=C\C/C=C\C/C=C\C/C=C\C/C=C\CCCCCCCC(=O)NC(COC1OC(CO)C(OC2OC(CO)C(OC3OC(CO)C(O)C(O)C3O)C(O)C2O)C(O)C1O)C(O)/C=C/CC/C=C/CCCCCCCCCCCCCCCCCCCCC. The van der Waals surface area contributed by atoms with E-state index in [2.05, 4.69) is 92.1 Å². The molecule has 0 aromatic rings. The highest BCUT2D eigenvalue weighted by Gasteiger charge is 2.53. The zero-order chi connectivity index (χ0) is 66.1. The lowest BCUT2D eigenvalue weighted by molar-refractivity contribution is -0.379. The van der Waals surface area contributed by atoms with Crippen LogP contribution in [0.3, 0.4) is 0 Å². The summed E-state index contributed by atoms with van der Waals surface area (Å²) in [5.74, 6) is -0.306. The van der Waals surface area contributed by atoms with Crippen LogP contribution in [0.15, 0.2) is 85.1 Å². The zero-order valence-corrected chi connectivity index (χ0v) is 55.5. The number of hydrogen-bond donors (Lipinski definition) is 12. The first kappa shape index (κ1) is 82.2. The summed E-state index contributed by atoms with van der Waals surface area (Å²) in [6, 6.07) is -1.01. The second-order valence-electron chi connectivity index (χ2n) is 25.0. The fourth-order valence-corrected chi connectivity index (χ4v) is 11.5. The second-order valence-corrected chi connectivity index (χ2v) is 25.0. The fraction of sp³-hybridized carbons (Fsp3) is 0.792. The van der Waals surface area contributed by atoms with Crippen molar-refractivity contribution in [1.29, 1.82) is 0 Å². The fourth-order valence-electron chi connectivity index (χ4n) is 11.5. The number of carbonyl (C=O) groups is 1. The van der Waals surface area contributed by atoms with E-state index in [0.717, 1.165) is 83.5 Å². The highest BCUT2D eigenvalue weighted by molar-refractivity contribution is 5.76. The molecule has 1 amide bonds. The van der Waals surface area contributed by atoms with Crippen molar-refractivity contribution < 1.29 is 89.4 Å². The van der Waals surface area contributed by atoms with Crippen LogP contribution in [-0.4, -0.2) is 193 Å². The number of aliphatic hydroxyl groups excluding tert-OH is 11. The molecule has 17 atom stereocenters. The van der Waals surface area contributed by atoms with Gasteiger partial charge in [-0.2, -0.15) is 0 Å². The molecule has 3 fully saturated rings. The molecule has 3 heterocycles. The van der Waals surface area contributed by atoms with Crippen LogP contribution in [0.5, 0.6) is 0 Å². The lowest BCUT2D eigenvalue weighted by Gasteiger charge is -2.48. The minimum Gasteiger partial charge on any atom is -0.394 e. The van der Waals surface area contributed by atoms with Gasteiger partial charge in [-0.1, -0.05) is 234 Å². The Kier molecular flexibility index (Phi) is 48.0. The van der Waals surface area contributed by atoms with E-state index < -0.39 is 124 Å². The van der Waals surface area contributed by atoms with Crippen LogP contribution in [0.2, 0.25) is 0 Å². The molecule has 0 aromatic carbocycles. The summed E-state index contributed by atoms with van der Waals surface area (Å²) in [6.07, 6.45) is 41.3. The molecule has 19 nitrogen and oxygen atoms in total. The number of allylic oxidation sites excluding steroid dienone is 13. The summed E-state index contributed by atoms with van der Waals surface area (Å²) in [6.45, 7) is 1.59. The monoisotopic (exact) mass is 1290 g/mol. The van der Waals surface area contributed by atoms with Gasteiger partial charge in [0.25, 0.3) is 0 Å². The van der Waals surface area contributed by atoms with Gasteiger partial charge in [0.2, 0.25) is 5.91 Å². The van der Waals surface area contributed by atoms with E-state index in [1.807, 2.05) is 6.08 Å². The summed E-state index contributed by atoms with van der Waals surface area (Å²) >= 11 is 0. The van der Waals surface area contributed by atoms with Gasteiger partial charge in [0.1, 0.15) is 73.2 Å². The smallest absolute Gasteiger partial charge is 0.220 e. The van der Waals surface area contributed by atoms with Crippen LogP contribution in [-0.2, 0) is 33.2 Å². The number of hydrogen-bond acceptors (Lipinski definition) is 18. The van der Waals surface area contributed by atoms with E-state index in [1.54, 1.807) is 6.08 Å². The van der Waals surface area contributed by atoms with Gasteiger partial charge in [-0.3, -0.25) is 4.79 Å². The molecule has 3 aliphatic heterocycles. The number of carbonyl (C=O) groups excluding carboxylic acids is 1. The van der Waals surface area contributed by atoms with Gasteiger partial charge >= 0.3 is 0 Å². The standard InChI is InChI=1S/C72H125NO18/c1-3-5-7-9-11-13-15-17-19-21-23-25-26-27-28-30-31-33-35-37-39-41-43-45-47-49-56(77)55(73-60(78)50-48-46-44-42-40-38-36-34-32-29-24-22-20-18-16-14-12-10-8-6-4-2)54-86-70-66(84)63(81)68(58(52-75)88-70)91-72-67(85)64(82)69(59(53-76)89-72)90-71-65(83)62(80)61(79)57(51-74)87-71/h6,8,12,14,18,20,24,29,34,36,39,41,47,49,55-59,61-72,74-77,79-85H,3-5,7,9-11,13,15-17,19,21-23,25-28,30-33,35,37-38,40,42-46,48,50-54H2,1-2H3,(H,73,78)/b8-6-,14-12-,20-18-,29-24-,36-34-,41-39+,49-47+. The summed E-state index contributed by atoms with van der Waals surface area (Å²) in [7, 11) is 0. The normalized spacial score (nSPS) is 28.4. The molecule has 0 saturated carbocycles. The third kappa shape index (κ3) is 35.0. The quantitative estimate of drug-likeness (QED) is 0.0199. The maximum Gasteiger partial charge on any atom is 0.220 e. The number of aliphatic hydroxyl groups is 11. The van der Waals surface area contributed by atoms with Gasteiger partial charge in [-0.15, -0.1) is 0 Å². The lowest BCUT2D eigenvalue weighted by Crippen LogP contribution is -2.66. The molecular formula is C72H125NO18. The second kappa shape index (κ2) is 53.2.